The number of carbonyl (C=O) groups excluding carboxylic acids is 1. The van der Waals surface area contributed by atoms with Crippen molar-refractivity contribution in [3.63, 3.8) is 0 Å². The maximum absolute atomic E-state index is 12.2. The van der Waals surface area contributed by atoms with Crippen molar-refractivity contribution >= 4 is 17.3 Å². The van der Waals surface area contributed by atoms with Crippen LogP contribution in [0.25, 0.3) is 0 Å². The Hall–Kier alpha value is -1.55. The van der Waals surface area contributed by atoms with Gasteiger partial charge < -0.3 is 0 Å². The van der Waals surface area contributed by atoms with Crippen LogP contribution in [0.15, 0.2) is 24.3 Å². The minimum Gasteiger partial charge on any atom is -0.288 e. The van der Waals surface area contributed by atoms with E-state index in [0.29, 0.717) is 16.5 Å². The van der Waals surface area contributed by atoms with Crippen LogP contribution < -0.4 is 0 Å². The first-order valence-electron chi connectivity index (χ1n) is 6.19. The van der Waals surface area contributed by atoms with Gasteiger partial charge in [-0.1, -0.05) is 35.2 Å². The lowest BCUT2D eigenvalue weighted by atomic mass is 9.80. The van der Waals surface area contributed by atoms with Crippen molar-refractivity contribution in [2.45, 2.75) is 32.1 Å². The van der Waals surface area contributed by atoms with E-state index in [2.05, 4.69) is 21.7 Å². The number of rotatable bonds is 3. The first-order valence-corrected chi connectivity index (χ1v) is 6.96. The average Bonchev–Trinajstić information content (AvgIpc) is 2.73. The Morgan fingerprint density at radius 1 is 1.28 bits per heavy atom. The maximum atomic E-state index is 12.2. The van der Waals surface area contributed by atoms with Gasteiger partial charge in [0.25, 0.3) is 0 Å². The van der Waals surface area contributed by atoms with Gasteiger partial charge in [-0.15, -0.1) is 5.10 Å². The minimum absolute atomic E-state index is 0.0302. The van der Waals surface area contributed by atoms with E-state index in [1.807, 2.05) is 19.1 Å². The van der Waals surface area contributed by atoms with Crippen molar-refractivity contribution in [2.24, 2.45) is 0 Å². The summed E-state index contributed by atoms with van der Waals surface area (Å²) in [6, 6.07) is 8.02. The van der Waals surface area contributed by atoms with Gasteiger partial charge in [-0.05, 0) is 42.8 Å². The quantitative estimate of drug-likeness (QED) is 0.793. The molecule has 18 heavy (non-hydrogen) atoms. The predicted molar refractivity (Wildman–Crippen MR) is 71.1 cm³/mol. The first-order chi connectivity index (χ1) is 8.75. The van der Waals surface area contributed by atoms with E-state index in [1.54, 1.807) is 0 Å². The van der Waals surface area contributed by atoms with E-state index in [9.17, 15) is 4.79 Å². The topological polar surface area (TPSA) is 42.9 Å². The lowest BCUT2D eigenvalue weighted by Gasteiger charge is -2.25. The van der Waals surface area contributed by atoms with Crippen molar-refractivity contribution in [3.05, 3.63) is 46.0 Å². The molecular formula is C14H14N2OS. The number of aryl methyl sites for hydroxylation is 1. The fourth-order valence-electron chi connectivity index (χ4n) is 2.22. The normalized spacial score (nSPS) is 15.4. The van der Waals surface area contributed by atoms with E-state index < -0.39 is 0 Å². The van der Waals surface area contributed by atoms with Gasteiger partial charge in [0, 0.05) is 5.56 Å². The summed E-state index contributed by atoms with van der Waals surface area (Å²) in [4.78, 5) is 12.9. The monoisotopic (exact) mass is 258 g/mol. The van der Waals surface area contributed by atoms with Crippen LogP contribution in [0.1, 0.15) is 51.7 Å². The van der Waals surface area contributed by atoms with Crippen LogP contribution >= 0.6 is 11.5 Å². The minimum atomic E-state index is 0.0302. The van der Waals surface area contributed by atoms with Gasteiger partial charge in [0.05, 0.1) is 5.69 Å². The van der Waals surface area contributed by atoms with Crippen LogP contribution in [-0.2, 0) is 0 Å². The van der Waals surface area contributed by atoms with Gasteiger partial charge in [-0.25, -0.2) is 0 Å². The second kappa shape index (κ2) is 4.61. The van der Waals surface area contributed by atoms with Gasteiger partial charge in [0.2, 0.25) is 5.78 Å². The SMILES string of the molecule is Cc1nnsc1C(=O)c1ccc(C2CCC2)cc1. The molecule has 0 bridgehead atoms. The number of carbonyl (C=O) groups is 1. The van der Waals surface area contributed by atoms with E-state index >= 15 is 0 Å². The van der Waals surface area contributed by atoms with Crippen molar-refractivity contribution in [3.8, 4) is 0 Å². The number of ketones is 1. The summed E-state index contributed by atoms with van der Waals surface area (Å²) in [5, 5.41) is 3.88. The van der Waals surface area contributed by atoms with Crippen LogP contribution in [0, 0.1) is 6.92 Å². The summed E-state index contributed by atoms with van der Waals surface area (Å²) in [5.41, 5.74) is 2.80. The fourth-order valence-corrected chi connectivity index (χ4v) is 2.84. The summed E-state index contributed by atoms with van der Waals surface area (Å²) in [5.74, 6) is 0.739. The van der Waals surface area contributed by atoms with Crippen LogP contribution in [0.4, 0.5) is 0 Å². The van der Waals surface area contributed by atoms with Crippen LogP contribution in [0.3, 0.4) is 0 Å². The second-order valence-corrected chi connectivity index (χ2v) is 5.52. The van der Waals surface area contributed by atoms with Gasteiger partial charge in [-0.3, -0.25) is 4.79 Å². The number of benzene rings is 1. The molecule has 92 valence electrons. The van der Waals surface area contributed by atoms with E-state index in [4.69, 9.17) is 0 Å². The molecule has 1 fully saturated rings. The molecule has 1 aliphatic carbocycles. The van der Waals surface area contributed by atoms with Gasteiger partial charge in [0.15, 0.2) is 0 Å². The third-order valence-corrected chi connectivity index (χ3v) is 4.43. The van der Waals surface area contributed by atoms with Crippen LogP contribution in [-0.4, -0.2) is 15.4 Å². The highest BCUT2D eigenvalue weighted by molar-refractivity contribution is 7.08. The first kappa shape index (κ1) is 11.5. The number of nitrogens with zero attached hydrogens (tertiary/aromatic N) is 2. The van der Waals surface area contributed by atoms with Crippen molar-refractivity contribution in [1.82, 2.24) is 9.59 Å². The fraction of sp³-hybridized carbons (Fsp3) is 0.357. The Labute approximate surface area is 110 Å². The van der Waals surface area contributed by atoms with Crippen LogP contribution in [0.2, 0.25) is 0 Å². The maximum Gasteiger partial charge on any atom is 0.206 e. The molecule has 3 nitrogen and oxygen atoms in total. The molecule has 1 heterocycles. The van der Waals surface area contributed by atoms with Crippen molar-refractivity contribution < 1.29 is 4.79 Å². The van der Waals surface area contributed by atoms with Gasteiger partial charge in [0.1, 0.15) is 4.88 Å². The third kappa shape index (κ3) is 1.97. The molecule has 0 amide bonds. The molecule has 1 aromatic carbocycles. The molecule has 0 spiro atoms. The Morgan fingerprint density at radius 3 is 2.50 bits per heavy atom. The molecule has 0 aliphatic heterocycles. The number of hydrogen-bond acceptors (Lipinski definition) is 4. The molecule has 1 aliphatic rings. The molecule has 1 saturated carbocycles. The highest BCUT2D eigenvalue weighted by atomic mass is 32.1. The summed E-state index contributed by atoms with van der Waals surface area (Å²) in [6.45, 7) is 1.82. The van der Waals surface area contributed by atoms with Crippen molar-refractivity contribution in [2.75, 3.05) is 0 Å². The lowest BCUT2D eigenvalue weighted by Crippen LogP contribution is -2.09. The molecule has 3 rings (SSSR count). The predicted octanol–water partition coefficient (Wildman–Crippen LogP) is 3.35. The molecule has 4 heteroatoms. The summed E-state index contributed by atoms with van der Waals surface area (Å²) in [6.07, 6.45) is 3.90. The Balaban J connectivity index is 1.84. The highest BCUT2D eigenvalue weighted by Gasteiger charge is 2.20. The zero-order valence-electron chi connectivity index (χ0n) is 10.2. The summed E-state index contributed by atoms with van der Waals surface area (Å²) in [7, 11) is 0. The van der Waals surface area contributed by atoms with E-state index in [1.165, 1.54) is 36.4 Å². The number of aromatic nitrogens is 2. The molecule has 0 radical (unpaired) electrons. The molecule has 0 unspecified atom stereocenters. The smallest absolute Gasteiger partial charge is 0.206 e. The zero-order chi connectivity index (χ0) is 12.5. The number of hydrogen-bond donors (Lipinski definition) is 0. The molecule has 0 N–H and O–H groups in total. The lowest BCUT2D eigenvalue weighted by molar-refractivity contribution is 0.104. The van der Waals surface area contributed by atoms with Gasteiger partial charge >= 0.3 is 0 Å². The average molecular weight is 258 g/mol. The summed E-state index contributed by atoms with van der Waals surface area (Å²) < 4.78 is 3.81. The van der Waals surface area contributed by atoms with Crippen LogP contribution in [0.5, 0.6) is 0 Å². The summed E-state index contributed by atoms with van der Waals surface area (Å²) >= 11 is 1.17. The Morgan fingerprint density at radius 2 is 2.00 bits per heavy atom. The largest absolute Gasteiger partial charge is 0.288 e. The Bertz CT molecular complexity index is 570. The molecule has 1 aromatic heterocycles. The second-order valence-electron chi connectivity index (χ2n) is 4.77. The van der Waals surface area contributed by atoms with Gasteiger partial charge in [-0.2, -0.15) is 0 Å². The highest BCUT2D eigenvalue weighted by Crippen LogP contribution is 2.36. The van der Waals surface area contributed by atoms with E-state index in [0.717, 1.165) is 5.56 Å². The molecular weight excluding hydrogens is 244 g/mol. The standard InChI is InChI=1S/C14H14N2OS/c1-9-14(18-16-15-9)13(17)12-7-5-11(6-8-12)10-3-2-4-10/h5-8,10H,2-4H2,1H3. The molecule has 0 saturated heterocycles. The Kier molecular flexibility index (Phi) is 2.96. The molecule has 0 atom stereocenters. The zero-order valence-corrected chi connectivity index (χ0v) is 11.0. The molecule has 2 aromatic rings. The van der Waals surface area contributed by atoms with Crippen molar-refractivity contribution in [1.29, 1.82) is 0 Å². The third-order valence-electron chi connectivity index (χ3n) is 3.61. The van der Waals surface area contributed by atoms with E-state index in [-0.39, 0.29) is 5.78 Å².